The Bertz CT molecular complexity index is 716. The molecule has 1 fully saturated rings. The number of rotatable bonds is 8. The van der Waals surface area contributed by atoms with Crippen molar-refractivity contribution in [2.24, 2.45) is 5.92 Å². The Morgan fingerprint density at radius 3 is 2.69 bits per heavy atom. The minimum atomic E-state index is -3.75. The third kappa shape index (κ3) is 5.25. The molecule has 0 radical (unpaired) electrons. The van der Waals surface area contributed by atoms with Gasteiger partial charge in [-0.1, -0.05) is 6.07 Å². The van der Waals surface area contributed by atoms with Gasteiger partial charge in [0.1, 0.15) is 5.82 Å². The second-order valence-electron chi connectivity index (χ2n) is 6.43. The molecule has 0 aromatic heterocycles. The monoisotopic (exact) mass is 386 g/mol. The molecule has 0 bridgehead atoms. The molecule has 146 valence electrons. The smallest absolute Gasteiger partial charge is 0.243 e. The van der Waals surface area contributed by atoms with E-state index >= 15 is 0 Å². The van der Waals surface area contributed by atoms with Crippen LogP contribution in [-0.4, -0.2) is 51.5 Å². The molecule has 2 rings (SSSR count). The van der Waals surface area contributed by atoms with Crippen LogP contribution in [0.4, 0.5) is 4.39 Å². The Morgan fingerprint density at radius 1 is 1.35 bits per heavy atom. The Labute approximate surface area is 154 Å². The minimum absolute atomic E-state index is 0.00340. The summed E-state index contributed by atoms with van der Waals surface area (Å²) in [4.78, 5) is 12.2. The molecule has 8 heteroatoms. The number of nitrogens with zero attached hydrogens (tertiary/aromatic N) is 1. The van der Waals surface area contributed by atoms with Crippen LogP contribution in [0.1, 0.15) is 31.7 Å². The van der Waals surface area contributed by atoms with Crippen molar-refractivity contribution in [3.8, 4) is 0 Å². The number of nitrogens with one attached hydrogen (secondary N) is 1. The molecule has 0 aliphatic carbocycles. The lowest BCUT2D eigenvalue weighted by Crippen LogP contribution is -2.43. The van der Waals surface area contributed by atoms with Crippen LogP contribution in [0.5, 0.6) is 0 Å². The van der Waals surface area contributed by atoms with Crippen LogP contribution in [0.3, 0.4) is 0 Å². The normalized spacial score (nSPS) is 16.6. The highest BCUT2D eigenvalue weighted by atomic mass is 32.2. The van der Waals surface area contributed by atoms with Crippen molar-refractivity contribution in [2.75, 3.05) is 32.8 Å². The second-order valence-corrected chi connectivity index (χ2v) is 8.34. The van der Waals surface area contributed by atoms with Gasteiger partial charge in [0.05, 0.1) is 4.90 Å². The van der Waals surface area contributed by atoms with Gasteiger partial charge in [0.25, 0.3) is 0 Å². The van der Waals surface area contributed by atoms with E-state index in [-0.39, 0.29) is 29.8 Å². The van der Waals surface area contributed by atoms with E-state index in [1.807, 2.05) is 6.92 Å². The fourth-order valence-corrected chi connectivity index (χ4v) is 4.73. The molecular formula is C18H27FN2O4S. The van der Waals surface area contributed by atoms with Crippen molar-refractivity contribution in [1.29, 1.82) is 0 Å². The molecule has 1 heterocycles. The standard InChI is InChI=1S/C18H27FN2O4S/c1-3-25-12-4-9-20-18(22)15-7-10-21(11-8-15)26(23,24)17-13-16(19)6-5-14(17)2/h5-6,13,15H,3-4,7-12H2,1-2H3,(H,20,22). The summed E-state index contributed by atoms with van der Waals surface area (Å²) in [5, 5.41) is 2.88. The number of carbonyl (C=O) groups is 1. The van der Waals surface area contributed by atoms with E-state index in [1.165, 1.54) is 16.4 Å². The Hall–Kier alpha value is -1.51. The Balaban J connectivity index is 1.89. The summed E-state index contributed by atoms with van der Waals surface area (Å²) in [5.41, 5.74) is 0.514. The summed E-state index contributed by atoms with van der Waals surface area (Å²) in [6.45, 7) is 5.91. The van der Waals surface area contributed by atoms with Gasteiger partial charge in [-0.15, -0.1) is 0 Å². The topological polar surface area (TPSA) is 75.7 Å². The number of ether oxygens (including phenoxy) is 1. The molecule has 1 amide bonds. The molecule has 1 saturated heterocycles. The van der Waals surface area contributed by atoms with Crippen molar-refractivity contribution < 1.29 is 22.3 Å². The van der Waals surface area contributed by atoms with Gasteiger partial charge >= 0.3 is 0 Å². The maximum Gasteiger partial charge on any atom is 0.243 e. The number of carbonyl (C=O) groups excluding carboxylic acids is 1. The van der Waals surface area contributed by atoms with E-state index in [1.54, 1.807) is 6.92 Å². The van der Waals surface area contributed by atoms with Gasteiger partial charge in [0.15, 0.2) is 0 Å². The third-order valence-corrected chi connectivity index (χ3v) is 6.60. The van der Waals surface area contributed by atoms with Crippen LogP contribution in [0.25, 0.3) is 0 Å². The summed E-state index contributed by atoms with van der Waals surface area (Å²) >= 11 is 0. The highest BCUT2D eigenvalue weighted by molar-refractivity contribution is 7.89. The third-order valence-electron chi connectivity index (χ3n) is 4.56. The van der Waals surface area contributed by atoms with Crippen molar-refractivity contribution in [3.63, 3.8) is 0 Å². The first-order valence-corrected chi connectivity index (χ1v) is 10.4. The number of amides is 1. The molecule has 1 N–H and O–H groups in total. The van der Waals surface area contributed by atoms with Crippen LogP contribution in [0.2, 0.25) is 0 Å². The maximum absolute atomic E-state index is 13.5. The van der Waals surface area contributed by atoms with Crippen molar-refractivity contribution in [2.45, 2.75) is 38.0 Å². The van der Waals surface area contributed by atoms with Gasteiger partial charge in [0.2, 0.25) is 15.9 Å². The van der Waals surface area contributed by atoms with Crippen LogP contribution in [0, 0.1) is 18.7 Å². The first-order chi connectivity index (χ1) is 12.4. The maximum atomic E-state index is 13.5. The van der Waals surface area contributed by atoms with Crippen molar-refractivity contribution in [1.82, 2.24) is 9.62 Å². The fourth-order valence-electron chi connectivity index (χ4n) is 3.02. The number of piperidine rings is 1. The highest BCUT2D eigenvalue weighted by Crippen LogP contribution is 2.26. The molecule has 1 aliphatic heterocycles. The highest BCUT2D eigenvalue weighted by Gasteiger charge is 2.32. The molecule has 1 aliphatic rings. The molecule has 26 heavy (non-hydrogen) atoms. The molecule has 1 aromatic rings. The van der Waals surface area contributed by atoms with Crippen molar-refractivity contribution in [3.05, 3.63) is 29.6 Å². The van der Waals surface area contributed by atoms with E-state index in [0.29, 0.717) is 38.2 Å². The van der Waals surface area contributed by atoms with Crippen LogP contribution < -0.4 is 5.32 Å². The predicted molar refractivity (Wildman–Crippen MR) is 96.7 cm³/mol. The number of hydrogen-bond donors (Lipinski definition) is 1. The SMILES string of the molecule is CCOCCCNC(=O)C1CCN(S(=O)(=O)c2cc(F)ccc2C)CC1. The fraction of sp³-hybridized carbons (Fsp3) is 0.611. The van der Waals surface area contributed by atoms with E-state index in [4.69, 9.17) is 4.74 Å². The first kappa shape index (κ1) is 20.8. The summed E-state index contributed by atoms with van der Waals surface area (Å²) in [6.07, 6.45) is 1.68. The predicted octanol–water partition coefficient (Wildman–Crippen LogP) is 2.08. The molecular weight excluding hydrogens is 359 g/mol. The number of aryl methyl sites for hydroxylation is 1. The zero-order valence-corrected chi connectivity index (χ0v) is 16.1. The zero-order valence-electron chi connectivity index (χ0n) is 15.3. The second kappa shape index (κ2) is 9.43. The van der Waals surface area contributed by atoms with E-state index < -0.39 is 15.8 Å². The number of benzene rings is 1. The Morgan fingerprint density at radius 2 is 2.04 bits per heavy atom. The summed E-state index contributed by atoms with van der Waals surface area (Å²) in [6, 6.07) is 3.77. The molecule has 1 aromatic carbocycles. The first-order valence-electron chi connectivity index (χ1n) is 8.98. The number of halogens is 1. The van der Waals surface area contributed by atoms with Gasteiger partial charge in [0, 0.05) is 38.8 Å². The van der Waals surface area contributed by atoms with Crippen LogP contribution in [-0.2, 0) is 19.6 Å². The summed E-state index contributed by atoms with van der Waals surface area (Å²) < 4.78 is 45.5. The van der Waals surface area contributed by atoms with E-state index in [0.717, 1.165) is 12.5 Å². The average molecular weight is 386 g/mol. The lowest BCUT2D eigenvalue weighted by molar-refractivity contribution is -0.126. The summed E-state index contributed by atoms with van der Waals surface area (Å²) in [7, 11) is -3.75. The zero-order chi connectivity index (χ0) is 19.2. The minimum Gasteiger partial charge on any atom is -0.382 e. The Kier molecular flexibility index (Phi) is 7.55. The summed E-state index contributed by atoms with van der Waals surface area (Å²) in [5.74, 6) is -0.807. The molecule has 0 spiro atoms. The molecule has 0 atom stereocenters. The lowest BCUT2D eigenvalue weighted by atomic mass is 9.97. The average Bonchev–Trinajstić information content (AvgIpc) is 2.63. The van der Waals surface area contributed by atoms with Gasteiger partial charge < -0.3 is 10.1 Å². The number of sulfonamides is 1. The number of hydrogen-bond acceptors (Lipinski definition) is 4. The molecule has 0 unspecified atom stereocenters. The van der Waals surface area contributed by atoms with Gasteiger partial charge in [-0.25, -0.2) is 12.8 Å². The molecule has 6 nitrogen and oxygen atoms in total. The van der Waals surface area contributed by atoms with Crippen LogP contribution >= 0.6 is 0 Å². The van der Waals surface area contributed by atoms with Crippen LogP contribution in [0.15, 0.2) is 23.1 Å². The van der Waals surface area contributed by atoms with Gasteiger partial charge in [-0.3, -0.25) is 4.79 Å². The largest absolute Gasteiger partial charge is 0.382 e. The molecule has 0 saturated carbocycles. The van der Waals surface area contributed by atoms with Gasteiger partial charge in [-0.05, 0) is 50.8 Å². The lowest BCUT2D eigenvalue weighted by Gasteiger charge is -2.31. The van der Waals surface area contributed by atoms with E-state index in [9.17, 15) is 17.6 Å². The van der Waals surface area contributed by atoms with E-state index in [2.05, 4.69) is 5.32 Å². The van der Waals surface area contributed by atoms with Gasteiger partial charge in [-0.2, -0.15) is 4.31 Å². The quantitative estimate of drug-likeness (QED) is 0.694. The van der Waals surface area contributed by atoms with Crippen molar-refractivity contribution >= 4 is 15.9 Å².